The highest BCUT2D eigenvalue weighted by atomic mass is 35.5. The van der Waals surface area contributed by atoms with E-state index in [2.05, 4.69) is 16.0 Å². The molecule has 6 heteroatoms. The molecule has 1 amide bonds. The molecule has 0 bridgehead atoms. The molecule has 3 rings (SSSR count). The quantitative estimate of drug-likeness (QED) is 0.844. The van der Waals surface area contributed by atoms with Crippen LogP contribution >= 0.6 is 23.4 Å². The van der Waals surface area contributed by atoms with Crippen molar-refractivity contribution in [1.82, 2.24) is 14.9 Å². The molecule has 1 fully saturated rings. The van der Waals surface area contributed by atoms with E-state index < -0.39 is 0 Å². The molecule has 0 spiro atoms. The number of thioether (sulfide) groups is 1. The van der Waals surface area contributed by atoms with E-state index in [1.807, 2.05) is 34.9 Å². The molecule has 1 aliphatic rings. The number of nitrogens with zero attached hydrogens (tertiary/aromatic N) is 3. The Labute approximate surface area is 138 Å². The van der Waals surface area contributed by atoms with E-state index >= 15 is 0 Å². The van der Waals surface area contributed by atoms with Crippen LogP contribution in [-0.2, 0) is 0 Å². The van der Waals surface area contributed by atoms with Crippen molar-refractivity contribution >= 4 is 29.3 Å². The van der Waals surface area contributed by atoms with Crippen LogP contribution in [0, 0.1) is 0 Å². The lowest BCUT2D eigenvalue weighted by molar-refractivity contribution is 0.0754. The first-order valence-corrected chi connectivity index (χ1v) is 8.60. The second-order valence-electron chi connectivity index (χ2n) is 5.03. The Kier molecular flexibility index (Phi) is 4.95. The van der Waals surface area contributed by atoms with Crippen LogP contribution in [0.1, 0.15) is 27.9 Å². The van der Waals surface area contributed by atoms with E-state index in [1.54, 1.807) is 18.5 Å². The Hall–Kier alpha value is -1.59. The summed E-state index contributed by atoms with van der Waals surface area (Å²) in [6, 6.07) is 9.65. The van der Waals surface area contributed by atoms with Gasteiger partial charge in [0.25, 0.3) is 5.91 Å². The Bertz CT molecular complexity index is 653. The molecule has 22 heavy (non-hydrogen) atoms. The lowest BCUT2D eigenvalue weighted by atomic mass is 10.1. The van der Waals surface area contributed by atoms with Crippen LogP contribution in [0.15, 0.2) is 42.7 Å². The predicted octanol–water partition coefficient (Wildman–Crippen LogP) is 3.45. The Balaban J connectivity index is 1.70. The van der Waals surface area contributed by atoms with Crippen molar-refractivity contribution in [1.29, 1.82) is 0 Å². The van der Waals surface area contributed by atoms with Gasteiger partial charge in [0.1, 0.15) is 0 Å². The van der Waals surface area contributed by atoms with Gasteiger partial charge in [-0.2, -0.15) is 11.8 Å². The van der Waals surface area contributed by atoms with Crippen molar-refractivity contribution in [2.45, 2.75) is 11.7 Å². The zero-order chi connectivity index (χ0) is 15.4. The number of aromatic nitrogens is 2. The SMILES string of the molecule is O=C(c1ncccn1)N1CCS[C@@H](c2ccccc2Cl)CC1. The molecule has 1 aromatic carbocycles. The van der Waals surface area contributed by atoms with Crippen LogP contribution in [-0.4, -0.2) is 39.6 Å². The molecule has 1 aromatic heterocycles. The average Bonchev–Trinajstić information content (AvgIpc) is 2.81. The highest BCUT2D eigenvalue weighted by Crippen LogP contribution is 2.37. The zero-order valence-corrected chi connectivity index (χ0v) is 13.6. The molecule has 2 aromatic rings. The number of carbonyl (C=O) groups is 1. The highest BCUT2D eigenvalue weighted by Gasteiger charge is 2.24. The molecular weight excluding hydrogens is 318 g/mol. The minimum Gasteiger partial charge on any atom is -0.335 e. The molecule has 0 saturated carbocycles. The Morgan fingerprint density at radius 3 is 2.73 bits per heavy atom. The van der Waals surface area contributed by atoms with Gasteiger partial charge in [-0.3, -0.25) is 4.79 Å². The first kappa shape index (κ1) is 15.3. The third-order valence-electron chi connectivity index (χ3n) is 3.64. The van der Waals surface area contributed by atoms with Gasteiger partial charge in [-0.05, 0) is 24.1 Å². The van der Waals surface area contributed by atoms with Gasteiger partial charge in [-0.1, -0.05) is 29.8 Å². The summed E-state index contributed by atoms with van der Waals surface area (Å²) in [4.78, 5) is 22.4. The third kappa shape index (κ3) is 3.42. The van der Waals surface area contributed by atoms with Crippen LogP contribution in [0.3, 0.4) is 0 Å². The average molecular weight is 334 g/mol. The van der Waals surface area contributed by atoms with Crippen LogP contribution in [0.2, 0.25) is 5.02 Å². The van der Waals surface area contributed by atoms with Gasteiger partial charge in [0.15, 0.2) is 0 Å². The molecule has 0 aliphatic carbocycles. The largest absolute Gasteiger partial charge is 0.335 e. The Morgan fingerprint density at radius 1 is 1.18 bits per heavy atom. The number of carbonyl (C=O) groups excluding carboxylic acids is 1. The molecule has 114 valence electrons. The van der Waals surface area contributed by atoms with E-state index in [9.17, 15) is 4.79 Å². The fraction of sp³-hybridized carbons (Fsp3) is 0.312. The number of rotatable bonds is 2. The maximum absolute atomic E-state index is 12.4. The van der Waals surface area contributed by atoms with Gasteiger partial charge < -0.3 is 4.90 Å². The molecular formula is C16H16ClN3OS. The molecule has 1 atom stereocenters. The van der Waals surface area contributed by atoms with Gasteiger partial charge in [-0.15, -0.1) is 0 Å². The van der Waals surface area contributed by atoms with Crippen molar-refractivity contribution in [2.75, 3.05) is 18.8 Å². The standard InChI is InChI=1S/C16H16ClN3OS/c17-13-5-2-1-4-12(13)14-6-9-20(10-11-22-14)16(21)15-18-7-3-8-19-15/h1-5,7-8,14H,6,9-11H2/t14-/m1/s1. The summed E-state index contributed by atoms with van der Waals surface area (Å²) in [5.74, 6) is 1.05. The van der Waals surface area contributed by atoms with Crippen LogP contribution in [0.25, 0.3) is 0 Å². The summed E-state index contributed by atoms with van der Waals surface area (Å²) in [5, 5.41) is 1.12. The summed E-state index contributed by atoms with van der Waals surface area (Å²) in [6.45, 7) is 1.41. The monoisotopic (exact) mass is 333 g/mol. The summed E-state index contributed by atoms with van der Waals surface area (Å²) >= 11 is 8.14. The van der Waals surface area contributed by atoms with E-state index in [4.69, 9.17) is 11.6 Å². The number of amides is 1. The molecule has 0 radical (unpaired) electrons. The van der Waals surface area contributed by atoms with Crippen molar-refractivity contribution in [3.63, 3.8) is 0 Å². The van der Waals surface area contributed by atoms with Crippen molar-refractivity contribution in [3.05, 3.63) is 59.1 Å². The lowest BCUT2D eigenvalue weighted by Crippen LogP contribution is -2.34. The van der Waals surface area contributed by atoms with Gasteiger partial charge in [0.05, 0.1) is 0 Å². The maximum Gasteiger partial charge on any atom is 0.291 e. The fourth-order valence-electron chi connectivity index (χ4n) is 2.51. The Morgan fingerprint density at radius 2 is 1.95 bits per heavy atom. The summed E-state index contributed by atoms with van der Waals surface area (Å²) in [7, 11) is 0. The normalized spacial score (nSPS) is 18.8. The maximum atomic E-state index is 12.4. The fourth-order valence-corrected chi connectivity index (χ4v) is 4.11. The van der Waals surface area contributed by atoms with Crippen molar-refractivity contribution < 1.29 is 4.79 Å². The third-order valence-corrected chi connectivity index (χ3v) is 5.29. The first-order chi connectivity index (χ1) is 10.8. The number of halogens is 1. The summed E-state index contributed by atoms with van der Waals surface area (Å²) < 4.78 is 0. The van der Waals surface area contributed by atoms with Gasteiger partial charge >= 0.3 is 0 Å². The lowest BCUT2D eigenvalue weighted by Gasteiger charge is -2.19. The molecule has 0 unspecified atom stereocenters. The zero-order valence-electron chi connectivity index (χ0n) is 12.0. The topological polar surface area (TPSA) is 46.1 Å². The van der Waals surface area contributed by atoms with Crippen LogP contribution < -0.4 is 0 Å². The van der Waals surface area contributed by atoms with Gasteiger partial charge in [0, 0.05) is 41.5 Å². The summed E-state index contributed by atoms with van der Waals surface area (Å²) in [5.41, 5.74) is 1.15. The van der Waals surface area contributed by atoms with E-state index in [-0.39, 0.29) is 11.7 Å². The van der Waals surface area contributed by atoms with Crippen molar-refractivity contribution in [3.8, 4) is 0 Å². The van der Waals surface area contributed by atoms with Gasteiger partial charge in [0.2, 0.25) is 5.82 Å². The van der Waals surface area contributed by atoms with Crippen LogP contribution in [0.4, 0.5) is 0 Å². The van der Waals surface area contributed by atoms with E-state index in [0.29, 0.717) is 18.3 Å². The molecule has 0 N–H and O–H groups in total. The predicted molar refractivity (Wildman–Crippen MR) is 89.2 cm³/mol. The van der Waals surface area contributed by atoms with Crippen LogP contribution in [0.5, 0.6) is 0 Å². The van der Waals surface area contributed by atoms with E-state index in [1.165, 1.54) is 0 Å². The second kappa shape index (κ2) is 7.11. The first-order valence-electron chi connectivity index (χ1n) is 7.18. The molecule has 1 aliphatic heterocycles. The van der Waals surface area contributed by atoms with Crippen molar-refractivity contribution in [2.24, 2.45) is 0 Å². The molecule has 2 heterocycles. The smallest absolute Gasteiger partial charge is 0.291 e. The number of hydrogen-bond acceptors (Lipinski definition) is 4. The molecule has 1 saturated heterocycles. The minimum atomic E-state index is -0.0963. The number of benzene rings is 1. The van der Waals surface area contributed by atoms with Gasteiger partial charge in [-0.25, -0.2) is 9.97 Å². The number of hydrogen-bond donors (Lipinski definition) is 0. The molecule has 4 nitrogen and oxygen atoms in total. The minimum absolute atomic E-state index is 0.0963. The second-order valence-corrected chi connectivity index (χ2v) is 6.75. The highest BCUT2D eigenvalue weighted by molar-refractivity contribution is 7.99. The summed E-state index contributed by atoms with van der Waals surface area (Å²) in [6.07, 6.45) is 4.08. The van der Waals surface area contributed by atoms with E-state index in [0.717, 1.165) is 22.8 Å².